The molecule has 0 bridgehead atoms. The third-order valence-electron chi connectivity index (χ3n) is 5.13. The molecule has 2 N–H and O–H groups in total. The van der Waals surface area contributed by atoms with Crippen LogP contribution in [-0.2, 0) is 19.6 Å². The highest BCUT2D eigenvalue weighted by atomic mass is 32.1. The third kappa shape index (κ3) is 3.58. The fourth-order valence-electron chi connectivity index (χ4n) is 3.45. The molecule has 1 aromatic heterocycles. The van der Waals surface area contributed by atoms with Crippen LogP contribution in [0.3, 0.4) is 0 Å². The Bertz CT molecular complexity index is 989. The van der Waals surface area contributed by atoms with Crippen molar-refractivity contribution in [2.75, 3.05) is 11.9 Å². The standard InChI is InChI=1S/C20H22N4S2/c1-14-6-5-9-18(15(14)2)21-19-22-24(20(25)26-19)13-23-11-10-16-7-3-4-8-17(16)12-23/h3-9H,10-13H2,1-2H3,(H,21,22)/p+1. The van der Waals surface area contributed by atoms with E-state index in [9.17, 15) is 0 Å². The van der Waals surface area contributed by atoms with Crippen LogP contribution >= 0.6 is 23.6 Å². The first-order chi connectivity index (χ1) is 12.6. The van der Waals surface area contributed by atoms with Crippen molar-refractivity contribution in [2.24, 2.45) is 0 Å². The van der Waals surface area contributed by atoms with Gasteiger partial charge in [-0.1, -0.05) is 47.7 Å². The third-order valence-corrected chi connectivity index (χ3v) is 6.36. The van der Waals surface area contributed by atoms with Gasteiger partial charge in [-0.05, 0) is 48.8 Å². The lowest BCUT2D eigenvalue weighted by Gasteiger charge is -2.25. The molecule has 1 atom stereocenters. The first-order valence-corrected chi connectivity index (χ1v) is 10.1. The van der Waals surface area contributed by atoms with Crippen molar-refractivity contribution in [1.29, 1.82) is 0 Å². The summed E-state index contributed by atoms with van der Waals surface area (Å²) < 4.78 is 2.79. The van der Waals surface area contributed by atoms with E-state index in [2.05, 4.69) is 61.6 Å². The van der Waals surface area contributed by atoms with Gasteiger partial charge in [0.1, 0.15) is 6.54 Å². The van der Waals surface area contributed by atoms with Gasteiger partial charge in [-0.3, -0.25) is 0 Å². The fraction of sp³-hybridized carbons (Fsp3) is 0.300. The second kappa shape index (κ2) is 7.31. The molecule has 0 spiro atoms. The second-order valence-corrected chi connectivity index (χ2v) is 8.52. The molecule has 4 nitrogen and oxygen atoms in total. The molecular formula is C20H23N4S2+. The molecule has 1 aliphatic heterocycles. The van der Waals surface area contributed by atoms with Gasteiger partial charge in [0.15, 0.2) is 10.6 Å². The highest BCUT2D eigenvalue weighted by Crippen LogP contribution is 2.24. The molecule has 6 heteroatoms. The van der Waals surface area contributed by atoms with Crippen molar-refractivity contribution in [2.45, 2.75) is 33.5 Å². The van der Waals surface area contributed by atoms with Crippen LogP contribution in [-0.4, -0.2) is 16.3 Å². The van der Waals surface area contributed by atoms with Crippen molar-refractivity contribution in [3.05, 3.63) is 68.7 Å². The summed E-state index contributed by atoms with van der Waals surface area (Å²) in [6.07, 6.45) is 1.12. The topological polar surface area (TPSA) is 34.3 Å². The van der Waals surface area contributed by atoms with E-state index in [1.165, 1.54) is 27.2 Å². The minimum atomic E-state index is 0.818. The van der Waals surface area contributed by atoms with Crippen LogP contribution in [0.2, 0.25) is 0 Å². The molecule has 1 unspecified atom stereocenters. The summed E-state index contributed by atoms with van der Waals surface area (Å²) >= 11 is 7.10. The Labute approximate surface area is 163 Å². The van der Waals surface area contributed by atoms with E-state index < -0.39 is 0 Å². The Balaban J connectivity index is 1.49. The quantitative estimate of drug-likeness (QED) is 0.675. The first-order valence-electron chi connectivity index (χ1n) is 8.91. The van der Waals surface area contributed by atoms with Crippen LogP contribution in [0, 0.1) is 17.8 Å². The molecule has 2 aromatic carbocycles. The average molecular weight is 384 g/mol. The smallest absolute Gasteiger partial charge is 0.209 e. The van der Waals surface area contributed by atoms with E-state index >= 15 is 0 Å². The predicted octanol–water partition coefficient (Wildman–Crippen LogP) is 3.63. The van der Waals surface area contributed by atoms with Gasteiger partial charge in [-0.15, -0.1) is 5.10 Å². The SMILES string of the molecule is Cc1cccc(Nc2nn(C[NH+]3CCc4ccccc4C3)c(=S)s2)c1C. The molecule has 0 amide bonds. The molecular weight excluding hydrogens is 360 g/mol. The number of hydrogen-bond donors (Lipinski definition) is 2. The second-order valence-electron chi connectivity index (χ2n) is 6.90. The Hall–Kier alpha value is -2.02. The lowest BCUT2D eigenvalue weighted by atomic mass is 10.0. The maximum absolute atomic E-state index is 5.56. The summed E-state index contributed by atoms with van der Waals surface area (Å²) in [5, 5.41) is 9.02. The molecule has 0 radical (unpaired) electrons. The number of aromatic nitrogens is 2. The Morgan fingerprint density at radius 1 is 1.15 bits per heavy atom. The van der Waals surface area contributed by atoms with Crippen molar-refractivity contribution in [1.82, 2.24) is 9.78 Å². The van der Waals surface area contributed by atoms with E-state index in [0.717, 1.165) is 41.0 Å². The van der Waals surface area contributed by atoms with Gasteiger partial charge < -0.3 is 10.2 Å². The number of rotatable bonds is 4. The predicted molar refractivity (Wildman–Crippen MR) is 110 cm³/mol. The van der Waals surface area contributed by atoms with Crippen molar-refractivity contribution in [3.8, 4) is 0 Å². The van der Waals surface area contributed by atoms with E-state index in [4.69, 9.17) is 17.3 Å². The van der Waals surface area contributed by atoms with Gasteiger partial charge in [-0.25, -0.2) is 0 Å². The first kappa shape index (κ1) is 17.4. The van der Waals surface area contributed by atoms with Gasteiger partial charge in [0.25, 0.3) is 0 Å². The average Bonchev–Trinajstić information content (AvgIpc) is 2.98. The highest BCUT2D eigenvalue weighted by molar-refractivity contribution is 7.73. The molecule has 0 aliphatic carbocycles. The Morgan fingerprint density at radius 2 is 1.96 bits per heavy atom. The zero-order chi connectivity index (χ0) is 18.1. The normalized spacial score (nSPS) is 16.3. The number of fused-ring (bicyclic) bond motifs is 1. The summed E-state index contributed by atoms with van der Waals surface area (Å²) in [7, 11) is 0. The number of nitrogens with one attached hydrogen (secondary N) is 2. The van der Waals surface area contributed by atoms with Gasteiger partial charge in [0, 0.05) is 17.7 Å². The Morgan fingerprint density at radius 3 is 2.81 bits per heavy atom. The number of nitrogens with zero attached hydrogens (tertiary/aromatic N) is 2. The van der Waals surface area contributed by atoms with Crippen LogP contribution in [0.4, 0.5) is 10.8 Å². The molecule has 3 aromatic rings. The highest BCUT2D eigenvalue weighted by Gasteiger charge is 2.20. The minimum absolute atomic E-state index is 0.818. The number of quaternary nitrogens is 1. The maximum atomic E-state index is 5.56. The number of anilines is 2. The van der Waals surface area contributed by atoms with Crippen molar-refractivity contribution in [3.63, 3.8) is 0 Å². The number of benzene rings is 2. The molecule has 26 heavy (non-hydrogen) atoms. The van der Waals surface area contributed by atoms with Crippen LogP contribution in [0.15, 0.2) is 42.5 Å². The summed E-state index contributed by atoms with van der Waals surface area (Å²) in [6.45, 7) is 7.23. The summed E-state index contributed by atoms with van der Waals surface area (Å²) in [4.78, 5) is 1.50. The number of hydrogen-bond acceptors (Lipinski definition) is 4. The zero-order valence-electron chi connectivity index (χ0n) is 15.1. The molecule has 0 saturated carbocycles. The monoisotopic (exact) mass is 383 g/mol. The summed E-state index contributed by atoms with van der Waals surface area (Å²) in [6, 6.07) is 15.0. The van der Waals surface area contributed by atoms with Crippen LogP contribution in [0.25, 0.3) is 0 Å². The van der Waals surface area contributed by atoms with Crippen LogP contribution in [0.1, 0.15) is 22.3 Å². The molecule has 2 heterocycles. The minimum Gasteiger partial charge on any atom is -0.330 e. The van der Waals surface area contributed by atoms with E-state index in [0.29, 0.717) is 0 Å². The number of aryl methyl sites for hydroxylation is 1. The molecule has 4 rings (SSSR count). The lowest BCUT2D eigenvalue weighted by Crippen LogP contribution is -3.11. The van der Waals surface area contributed by atoms with Crippen LogP contribution in [0.5, 0.6) is 0 Å². The van der Waals surface area contributed by atoms with E-state index in [1.807, 2.05) is 4.68 Å². The lowest BCUT2D eigenvalue weighted by molar-refractivity contribution is -0.938. The van der Waals surface area contributed by atoms with Gasteiger partial charge >= 0.3 is 0 Å². The summed E-state index contributed by atoms with van der Waals surface area (Å²) in [5.74, 6) is 0. The molecule has 1 aliphatic rings. The van der Waals surface area contributed by atoms with Crippen LogP contribution < -0.4 is 10.2 Å². The van der Waals surface area contributed by atoms with E-state index in [-0.39, 0.29) is 0 Å². The zero-order valence-corrected chi connectivity index (χ0v) is 16.7. The van der Waals surface area contributed by atoms with Crippen molar-refractivity contribution < 1.29 is 4.90 Å². The van der Waals surface area contributed by atoms with Gasteiger partial charge in [-0.2, -0.15) is 4.68 Å². The largest absolute Gasteiger partial charge is 0.330 e. The Kier molecular flexibility index (Phi) is 4.89. The summed E-state index contributed by atoms with van der Waals surface area (Å²) in [5.41, 5.74) is 6.55. The van der Waals surface area contributed by atoms with Crippen molar-refractivity contribution >= 4 is 34.4 Å². The molecule has 0 saturated heterocycles. The van der Waals surface area contributed by atoms with Gasteiger partial charge in [0.05, 0.1) is 6.54 Å². The maximum Gasteiger partial charge on any atom is 0.209 e. The molecule has 134 valence electrons. The van der Waals surface area contributed by atoms with E-state index in [1.54, 1.807) is 11.3 Å². The van der Waals surface area contributed by atoms with Gasteiger partial charge in [0.2, 0.25) is 5.13 Å². The fourth-order valence-corrected chi connectivity index (χ4v) is 4.47. The molecule has 0 fully saturated rings.